The fraction of sp³-hybridized carbons (Fsp3) is 0.500. The Balaban J connectivity index is 1.49. The van der Waals surface area contributed by atoms with Crippen molar-refractivity contribution in [3.63, 3.8) is 0 Å². The maximum absolute atomic E-state index is 10.4. The minimum atomic E-state index is -0.373. The highest BCUT2D eigenvalue weighted by Crippen LogP contribution is 2.31. The molecule has 1 fully saturated rings. The van der Waals surface area contributed by atoms with Gasteiger partial charge in [-0.15, -0.1) is 0 Å². The molecule has 1 aliphatic heterocycles. The van der Waals surface area contributed by atoms with Crippen LogP contribution in [0.15, 0.2) is 30.3 Å². The van der Waals surface area contributed by atoms with E-state index in [2.05, 4.69) is 27.3 Å². The molecule has 132 valence electrons. The number of rotatable bonds is 4. The van der Waals surface area contributed by atoms with Crippen molar-refractivity contribution in [2.75, 3.05) is 18.0 Å². The second kappa shape index (κ2) is 7.10. The average molecular weight is 338 g/mol. The minimum absolute atomic E-state index is 0.0232. The lowest BCUT2D eigenvalue weighted by Crippen LogP contribution is -2.32. The summed E-state index contributed by atoms with van der Waals surface area (Å²) in [5.41, 5.74) is 4.43. The zero-order valence-electron chi connectivity index (χ0n) is 14.8. The van der Waals surface area contributed by atoms with Crippen LogP contribution in [0.4, 0.5) is 5.95 Å². The molecule has 1 aromatic carbocycles. The van der Waals surface area contributed by atoms with E-state index in [1.165, 1.54) is 30.4 Å². The van der Waals surface area contributed by atoms with Gasteiger partial charge in [-0.25, -0.2) is 9.97 Å². The van der Waals surface area contributed by atoms with Crippen molar-refractivity contribution in [1.82, 2.24) is 15.3 Å². The number of piperidine rings is 1. The number of benzene rings is 1. The summed E-state index contributed by atoms with van der Waals surface area (Å²) in [6, 6.07) is 10.3. The second-order valence-corrected chi connectivity index (χ2v) is 7.18. The molecule has 2 heterocycles. The monoisotopic (exact) mass is 338 g/mol. The molecule has 2 aliphatic rings. The predicted octanol–water partition coefficient (Wildman–Crippen LogP) is 2.52. The first-order chi connectivity index (χ1) is 12.2. The Labute approximate surface area is 149 Å². The van der Waals surface area contributed by atoms with Crippen molar-refractivity contribution < 1.29 is 5.11 Å². The molecule has 0 radical (unpaired) electrons. The van der Waals surface area contributed by atoms with E-state index >= 15 is 0 Å². The van der Waals surface area contributed by atoms with E-state index in [4.69, 9.17) is 4.98 Å². The molecular weight excluding hydrogens is 312 g/mol. The van der Waals surface area contributed by atoms with Crippen LogP contribution in [0.3, 0.4) is 0 Å². The highest BCUT2D eigenvalue weighted by molar-refractivity contribution is 5.37. The number of nitrogens with one attached hydrogen (secondary N) is 1. The number of anilines is 1. The fourth-order valence-corrected chi connectivity index (χ4v) is 3.98. The Kier molecular flexibility index (Phi) is 4.68. The van der Waals surface area contributed by atoms with Gasteiger partial charge >= 0.3 is 0 Å². The van der Waals surface area contributed by atoms with Crippen LogP contribution in [0.1, 0.15) is 47.8 Å². The van der Waals surface area contributed by atoms with E-state index < -0.39 is 0 Å². The highest BCUT2D eigenvalue weighted by atomic mass is 16.3. The van der Waals surface area contributed by atoms with Gasteiger partial charge in [0.05, 0.1) is 17.8 Å². The summed E-state index contributed by atoms with van der Waals surface area (Å²) < 4.78 is 0. The number of fused-ring (bicyclic) bond motifs is 1. The van der Waals surface area contributed by atoms with Crippen LogP contribution in [0.25, 0.3) is 0 Å². The van der Waals surface area contributed by atoms with Crippen LogP contribution in [0.2, 0.25) is 0 Å². The van der Waals surface area contributed by atoms with Crippen LogP contribution >= 0.6 is 0 Å². The van der Waals surface area contributed by atoms with Gasteiger partial charge in [0.15, 0.2) is 0 Å². The van der Waals surface area contributed by atoms with Crippen LogP contribution in [0.5, 0.6) is 0 Å². The van der Waals surface area contributed by atoms with E-state index in [9.17, 15) is 5.11 Å². The van der Waals surface area contributed by atoms with E-state index in [0.29, 0.717) is 6.54 Å². The highest BCUT2D eigenvalue weighted by Gasteiger charge is 2.30. The molecule has 2 aromatic rings. The van der Waals surface area contributed by atoms with Gasteiger partial charge in [-0.05, 0) is 43.4 Å². The number of nitrogens with zero attached hydrogens (tertiary/aromatic N) is 3. The van der Waals surface area contributed by atoms with Gasteiger partial charge < -0.3 is 15.3 Å². The first-order valence-electron chi connectivity index (χ1n) is 9.29. The molecule has 0 spiro atoms. The largest absolute Gasteiger partial charge is 0.391 e. The third-order valence-electron chi connectivity index (χ3n) is 5.24. The first-order valence-corrected chi connectivity index (χ1v) is 9.29. The SMILES string of the molecule is Cc1cc(CN[C@@H]2c3ccccc3C[C@@H]2O)nc(N2CCCCC2)n1. The lowest BCUT2D eigenvalue weighted by Gasteiger charge is -2.27. The van der Waals surface area contributed by atoms with Crippen molar-refractivity contribution in [3.05, 3.63) is 52.8 Å². The Morgan fingerprint density at radius 2 is 1.96 bits per heavy atom. The Morgan fingerprint density at radius 1 is 1.16 bits per heavy atom. The van der Waals surface area contributed by atoms with Gasteiger partial charge in [0, 0.05) is 31.7 Å². The second-order valence-electron chi connectivity index (χ2n) is 7.18. The molecule has 1 saturated heterocycles. The molecule has 0 saturated carbocycles. The quantitative estimate of drug-likeness (QED) is 0.897. The van der Waals surface area contributed by atoms with Crippen molar-refractivity contribution in [3.8, 4) is 0 Å². The standard InChI is InChI=1S/C20H26N4O/c1-14-11-16(23-20(22-14)24-9-5-2-6-10-24)13-21-19-17-8-4-3-7-15(17)12-18(19)25/h3-4,7-8,11,18-19,21,25H,2,5-6,9-10,12-13H2,1H3/t18-,19+/m0/s1. The van der Waals surface area contributed by atoms with Crippen LogP contribution in [0, 0.1) is 6.92 Å². The van der Waals surface area contributed by atoms with Gasteiger partial charge in [-0.2, -0.15) is 0 Å². The first kappa shape index (κ1) is 16.5. The molecule has 0 amide bonds. The van der Waals surface area contributed by atoms with Gasteiger partial charge in [-0.1, -0.05) is 24.3 Å². The maximum atomic E-state index is 10.4. The summed E-state index contributed by atoms with van der Waals surface area (Å²) in [7, 11) is 0. The minimum Gasteiger partial charge on any atom is -0.391 e. The zero-order chi connectivity index (χ0) is 17.2. The number of aromatic nitrogens is 2. The van der Waals surface area contributed by atoms with Crippen LogP contribution in [-0.2, 0) is 13.0 Å². The third-order valence-corrected chi connectivity index (χ3v) is 5.24. The molecule has 2 N–H and O–H groups in total. The average Bonchev–Trinajstić information content (AvgIpc) is 2.95. The van der Waals surface area contributed by atoms with Crippen molar-refractivity contribution in [2.45, 2.75) is 51.3 Å². The summed E-state index contributed by atoms with van der Waals surface area (Å²) in [6.07, 6.45) is 4.08. The van der Waals surface area contributed by atoms with E-state index in [1.807, 2.05) is 25.1 Å². The summed E-state index contributed by atoms with van der Waals surface area (Å²) in [5.74, 6) is 0.851. The normalized spacial score (nSPS) is 22.9. The van der Waals surface area contributed by atoms with Gasteiger partial charge in [0.1, 0.15) is 0 Å². The van der Waals surface area contributed by atoms with Crippen molar-refractivity contribution in [2.24, 2.45) is 0 Å². The molecule has 1 aromatic heterocycles. The Morgan fingerprint density at radius 3 is 2.80 bits per heavy atom. The summed E-state index contributed by atoms with van der Waals surface area (Å²) in [5, 5.41) is 13.9. The summed E-state index contributed by atoms with van der Waals surface area (Å²) in [4.78, 5) is 11.7. The Bertz CT molecular complexity index is 742. The molecule has 0 unspecified atom stereocenters. The van der Waals surface area contributed by atoms with Crippen molar-refractivity contribution >= 4 is 5.95 Å². The molecule has 5 heteroatoms. The lowest BCUT2D eigenvalue weighted by molar-refractivity contribution is 0.140. The lowest BCUT2D eigenvalue weighted by atomic mass is 10.1. The van der Waals surface area contributed by atoms with Gasteiger partial charge in [0.25, 0.3) is 0 Å². The molecule has 25 heavy (non-hydrogen) atoms. The molecular formula is C20H26N4O. The maximum Gasteiger partial charge on any atom is 0.225 e. The summed E-state index contributed by atoms with van der Waals surface area (Å²) >= 11 is 0. The number of hydrogen-bond acceptors (Lipinski definition) is 5. The van der Waals surface area contributed by atoms with Gasteiger partial charge in [0.2, 0.25) is 5.95 Å². The third kappa shape index (κ3) is 3.53. The zero-order valence-corrected chi connectivity index (χ0v) is 14.8. The fourth-order valence-electron chi connectivity index (χ4n) is 3.98. The molecule has 5 nitrogen and oxygen atoms in total. The van der Waals surface area contributed by atoms with Crippen molar-refractivity contribution in [1.29, 1.82) is 0 Å². The number of aliphatic hydroxyl groups is 1. The topological polar surface area (TPSA) is 61.3 Å². The number of aliphatic hydroxyl groups excluding tert-OH is 1. The molecule has 1 aliphatic carbocycles. The van der Waals surface area contributed by atoms with Gasteiger partial charge in [-0.3, -0.25) is 0 Å². The molecule has 2 atom stereocenters. The number of aryl methyl sites for hydroxylation is 1. The number of hydrogen-bond donors (Lipinski definition) is 2. The predicted molar refractivity (Wildman–Crippen MR) is 98.6 cm³/mol. The summed E-state index contributed by atoms with van der Waals surface area (Å²) in [6.45, 7) is 4.76. The van der Waals surface area contributed by atoms with E-state index in [-0.39, 0.29) is 12.1 Å². The van der Waals surface area contributed by atoms with Crippen LogP contribution < -0.4 is 10.2 Å². The molecule has 0 bridgehead atoms. The smallest absolute Gasteiger partial charge is 0.225 e. The Hall–Kier alpha value is -1.98. The molecule has 4 rings (SSSR count). The van der Waals surface area contributed by atoms with E-state index in [0.717, 1.165) is 36.8 Å². The van der Waals surface area contributed by atoms with Crippen LogP contribution in [-0.4, -0.2) is 34.3 Å². The van der Waals surface area contributed by atoms with E-state index in [1.54, 1.807) is 0 Å².